The molecule has 0 aliphatic heterocycles. The van der Waals surface area contributed by atoms with Gasteiger partial charge in [-0.2, -0.15) is 0 Å². The number of para-hydroxylation sites is 1. The first kappa shape index (κ1) is 14.3. The van der Waals surface area contributed by atoms with Crippen LogP contribution >= 0.6 is 15.9 Å². The van der Waals surface area contributed by atoms with Crippen molar-refractivity contribution in [3.63, 3.8) is 0 Å². The summed E-state index contributed by atoms with van der Waals surface area (Å²) in [6, 6.07) is 12.7. The lowest BCUT2D eigenvalue weighted by molar-refractivity contribution is 0.489. The number of furan rings is 1. The molecule has 0 radical (unpaired) electrons. The minimum Gasteiger partial charge on any atom is -0.458 e. The zero-order valence-electron chi connectivity index (χ0n) is 11.8. The van der Waals surface area contributed by atoms with Crippen LogP contribution in [0.2, 0.25) is 0 Å². The number of hydrogen-bond acceptors (Lipinski definition) is 2. The smallest absolute Gasteiger partial charge is 0.148 e. The molecule has 2 aromatic carbocycles. The summed E-state index contributed by atoms with van der Waals surface area (Å²) < 4.78 is 20.2. The summed E-state index contributed by atoms with van der Waals surface area (Å²) in [7, 11) is 1.87. The van der Waals surface area contributed by atoms with Crippen molar-refractivity contribution < 1.29 is 8.81 Å². The van der Waals surface area contributed by atoms with Crippen molar-refractivity contribution in [2.75, 3.05) is 7.05 Å². The highest BCUT2D eigenvalue weighted by atomic mass is 79.9. The van der Waals surface area contributed by atoms with E-state index >= 15 is 0 Å². The number of benzene rings is 2. The summed E-state index contributed by atoms with van der Waals surface area (Å²) in [4.78, 5) is 0. The van der Waals surface area contributed by atoms with Gasteiger partial charge in [0.25, 0.3) is 0 Å². The number of halogens is 2. The number of fused-ring (bicyclic) bond motifs is 1. The van der Waals surface area contributed by atoms with E-state index in [-0.39, 0.29) is 11.9 Å². The molecule has 1 atom stereocenters. The highest BCUT2D eigenvalue weighted by Crippen LogP contribution is 2.33. The van der Waals surface area contributed by atoms with Crippen molar-refractivity contribution in [3.05, 3.63) is 69.6 Å². The molecule has 3 rings (SSSR count). The van der Waals surface area contributed by atoms with E-state index in [0.717, 1.165) is 32.3 Å². The van der Waals surface area contributed by atoms with Gasteiger partial charge in [-0.1, -0.05) is 18.2 Å². The lowest BCUT2D eigenvalue weighted by Gasteiger charge is -2.16. The Morgan fingerprint density at radius 3 is 2.67 bits per heavy atom. The molecule has 0 aliphatic carbocycles. The van der Waals surface area contributed by atoms with Crippen molar-refractivity contribution in [2.45, 2.75) is 13.0 Å². The monoisotopic (exact) mass is 347 g/mol. The van der Waals surface area contributed by atoms with Gasteiger partial charge in [-0.25, -0.2) is 4.39 Å². The zero-order chi connectivity index (χ0) is 15.0. The molecule has 1 heterocycles. The molecular formula is C17H15BrFNO. The summed E-state index contributed by atoms with van der Waals surface area (Å²) in [6.07, 6.45) is 0. The average molecular weight is 348 g/mol. The molecule has 0 bridgehead atoms. The number of aryl methyl sites for hydroxylation is 1. The maximum Gasteiger partial charge on any atom is 0.148 e. The Kier molecular flexibility index (Phi) is 3.83. The van der Waals surface area contributed by atoms with Crippen LogP contribution < -0.4 is 5.32 Å². The van der Waals surface area contributed by atoms with E-state index in [1.165, 1.54) is 12.1 Å². The highest BCUT2D eigenvalue weighted by Gasteiger charge is 2.19. The van der Waals surface area contributed by atoms with Gasteiger partial charge in [0, 0.05) is 5.39 Å². The van der Waals surface area contributed by atoms with Crippen LogP contribution in [-0.4, -0.2) is 7.05 Å². The Balaban J connectivity index is 2.11. The molecular weight excluding hydrogens is 333 g/mol. The third-order valence-corrected chi connectivity index (χ3v) is 4.26. The molecule has 0 amide bonds. The molecule has 0 saturated heterocycles. The van der Waals surface area contributed by atoms with Gasteiger partial charge in [0.2, 0.25) is 0 Å². The molecule has 4 heteroatoms. The predicted octanol–water partition coefficient (Wildman–Crippen LogP) is 4.95. The Labute approximate surface area is 131 Å². The van der Waals surface area contributed by atoms with Crippen molar-refractivity contribution in [1.82, 2.24) is 5.32 Å². The van der Waals surface area contributed by atoms with E-state index in [9.17, 15) is 4.39 Å². The first-order valence-electron chi connectivity index (χ1n) is 6.71. The molecule has 1 N–H and O–H groups in total. The summed E-state index contributed by atoms with van der Waals surface area (Å²) >= 11 is 3.50. The lowest BCUT2D eigenvalue weighted by atomic mass is 9.99. The van der Waals surface area contributed by atoms with Crippen LogP contribution in [0.25, 0.3) is 11.0 Å². The van der Waals surface area contributed by atoms with Crippen LogP contribution in [0, 0.1) is 12.7 Å². The Morgan fingerprint density at radius 2 is 2.00 bits per heavy atom. The second-order valence-electron chi connectivity index (χ2n) is 5.03. The third-order valence-electron chi connectivity index (χ3n) is 3.63. The summed E-state index contributed by atoms with van der Waals surface area (Å²) in [6.45, 7) is 1.90. The van der Waals surface area contributed by atoms with Crippen molar-refractivity contribution in [2.24, 2.45) is 0 Å². The molecule has 108 valence electrons. The van der Waals surface area contributed by atoms with Gasteiger partial charge in [-0.05, 0) is 65.3 Å². The van der Waals surface area contributed by atoms with E-state index in [0.29, 0.717) is 0 Å². The predicted molar refractivity (Wildman–Crippen MR) is 86.0 cm³/mol. The molecule has 1 unspecified atom stereocenters. The average Bonchev–Trinajstić information content (AvgIpc) is 2.87. The molecule has 0 spiro atoms. The fraction of sp³-hybridized carbons (Fsp3) is 0.176. The quantitative estimate of drug-likeness (QED) is 0.724. The lowest BCUT2D eigenvalue weighted by Crippen LogP contribution is -2.18. The van der Waals surface area contributed by atoms with Crippen molar-refractivity contribution in [1.29, 1.82) is 0 Å². The molecule has 0 fully saturated rings. The first-order chi connectivity index (χ1) is 10.1. The molecule has 3 aromatic rings. The standard InChI is InChI=1S/C17H15BrFNO/c1-10-8-12(19)6-7-13(10)16(20-2)15-9-11-4-3-5-14(18)17(11)21-15/h3-9,16,20H,1-2H3. The van der Waals surface area contributed by atoms with Gasteiger partial charge in [-0.15, -0.1) is 0 Å². The van der Waals surface area contributed by atoms with E-state index in [1.54, 1.807) is 6.07 Å². The maximum absolute atomic E-state index is 13.3. The SMILES string of the molecule is CNC(c1cc2cccc(Br)c2o1)c1ccc(F)cc1C. The van der Waals surface area contributed by atoms with E-state index in [4.69, 9.17) is 4.42 Å². The minimum absolute atomic E-state index is 0.107. The van der Waals surface area contributed by atoms with Gasteiger partial charge in [0.05, 0.1) is 10.5 Å². The van der Waals surface area contributed by atoms with Gasteiger partial charge < -0.3 is 9.73 Å². The van der Waals surface area contributed by atoms with E-state index in [1.807, 2.05) is 38.2 Å². The second-order valence-corrected chi connectivity index (χ2v) is 5.88. The van der Waals surface area contributed by atoms with Crippen LogP contribution in [0.1, 0.15) is 22.9 Å². The number of rotatable bonds is 3. The minimum atomic E-state index is -0.224. The Morgan fingerprint density at radius 1 is 1.19 bits per heavy atom. The highest BCUT2D eigenvalue weighted by molar-refractivity contribution is 9.10. The van der Waals surface area contributed by atoms with Gasteiger partial charge in [0.1, 0.15) is 17.2 Å². The maximum atomic E-state index is 13.3. The topological polar surface area (TPSA) is 25.2 Å². The van der Waals surface area contributed by atoms with Crippen LogP contribution in [0.15, 0.2) is 51.4 Å². The van der Waals surface area contributed by atoms with Gasteiger partial charge in [0.15, 0.2) is 0 Å². The third kappa shape index (κ3) is 2.61. The van der Waals surface area contributed by atoms with Crippen LogP contribution in [-0.2, 0) is 0 Å². The molecule has 0 saturated carbocycles. The first-order valence-corrected chi connectivity index (χ1v) is 7.50. The van der Waals surface area contributed by atoms with E-state index in [2.05, 4.69) is 21.2 Å². The number of hydrogen-bond donors (Lipinski definition) is 1. The zero-order valence-corrected chi connectivity index (χ0v) is 13.4. The summed E-state index contributed by atoms with van der Waals surface area (Å²) in [5, 5.41) is 4.28. The molecule has 0 aliphatic rings. The summed E-state index contributed by atoms with van der Waals surface area (Å²) in [5.74, 6) is 0.590. The largest absolute Gasteiger partial charge is 0.458 e. The van der Waals surface area contributed by atoms with Crippen molar-refractivity contribution >= 4 is 26.9 Å². The second kappa shape index (κ2) is 5.62. The summed E-state index contributed by atoms with van der Waals surface area (Å²) in [5.41, 5.74) is 2.73. The Bertz CT molecular complexity index is 797. The fourth-order valence-corrected chi connectivity index (χ4v) is 3.07. The normalized spacial score (nSPS) is 12.8. The fourth-order valence-electron chi connectivity index (χ4n) is 2.60. The molecule has 21 heavy (non-hydrogen) atoms. The van der Waals surface area contributed by atoms with Crippen LogP contribution in [0.5, 0.6) is 0 Å². The Hall–Kier alpha value is -1.65. The molecule has 2 nitrogen and oxygen atoms in total. The van der Waals surface area contributed by atoms with E-state index < -0.39 is 0 Å². The molecule has 1 aromatic heterocycles. The van der Waals surface area contributed by atoms with Crippen LogP contribution in [0.3, 0.4) is 0 Å². The van der Waals surface area contributed by atoms with Gasteiger partial charge in [-0.3, -0.25) is 0 Å². The van der Waals surface area contributed by atoms with Crippen LogP contribution in [0.4, 0.5) is 4.39 Å². The number of nitrogens with one attached hydrogen (secondary N) is 1. The van der Waals surface area contributed by atoms with Gasteiger partial charge >= 0.3 is 0 Å². The van der Waals surface area contributed by atoms with Crippen molar-refractivity contribution in [3.8, 4) is 0 Å².